The minimum Gasteiger partial charge on any atom is -0.480 e. The molecule has 0 fully saturated rings. The van der Waals surface area contributed by atoms with E-state index in [9.17, 15) is 9.18 Å². The summed E-state index contributed by atoms with van der Waals surface area (Å²) in [5, 5.41) is 9.10. The van der Waals surface area contributed by atoms with Gasteiger partial charge in [0.25, 0.3) is 0 Å². The van der Waals surface area contributed by atoms with Crippen LogP contribution in [0.25, 0.3) is 0 Å². The lowest BCUT2D eigenvalue weighted by molar-refractivity contribution is -0.142. The lowest BCUT2D eigenvalue weighted by Gasteiger charge is -2.19. The molecule has 1 rings (SSSR count). The summed E-state index contributed by atoms with van der Waals surface area (Å²) in [4.78, 5) is 10.8. The number of halogens is 2. The molecule has 1 unspecified atom stereocenters. The molecule has 1 aromatic carbocycles. The van der Waals surface area contributed by atoms with Crippen LogP contribution in [0.4, 0.5) is 4.39 Å². The van der Waals surface area contributed by atoms with Crippen LogP contribution < -0.4 is 5.73 Å². The molecule has 16 heavy (non-hydrogen) atoms. The molecule has 3 N–H and O–H groups in total. The van der Waals surface area contributed by atoms with Gasteiger partial charge in [-0.25, -0.2) is 4.39 Å². The van der Waals surface area contributed by atoms with Crippen LogP contribution in [0, 0.1) is 5.82 Å². The fraction of sp³-hybridized carbons (Fsp3) is 0.364. The zero-order chi connectivity index (χ0) is 12.3. The van der Waals surface area contributed by atoms with Crippen LogP contribution in [0.3, 0.4) is 0 Å². The van der Waals surface area contributed by atoms with E-state index in [2.05, 4.69) is 0 Å². The quantitative estimate of drug-likeness (QED) is 0.855. The third-order valence-electron chi connectivity index (χ3n) is 2.44. The fourth-order valence-electron chi connectivity index (χ4n) is 1.26. The van der Waals surface area contributed by atoms with E-state index >= 15 is 0 Å². The molecule has 0 saturated carbocycles. The van der Waals surface area contributed by atoms with E-state index in [0.717, 1.165) is 0 Å². The Morgan fingerprint density at radius 3 is 2.75 bits per heavy atom. The highest BCUT2D eigenvalue weighted by Gasteiger charge is 2.28. The third kappa shape index (κ3) is 2.93. The minimum absolute atomic E-state index is 0.128. The predicted molar refractivity (Wildman–Crippen MR) is 60.0 cm³/mol. The summed E-state index contributed by atoms with van der Waals surface area (Å²) in [5.41, 5.74) is 4.48. The van der Waals surface area contributed by atoms with Crippen LogP contribution in [-0.2, 0) is 11.2 Å². The average Bonchev–Trinajstić information content (AvgIpc) is 2.16. The van der Waals surface area contributed by atoms with Gasteiger partial charge in [-0.1, -0.05) is 17.7 Å². The number of carboxylic acid groups (broad SMARTS) is 1. The number of hydrogen-bond donors (Lipinski definition) is 2. The molecule has 0 aliphatic heterocycles. The summed E-state index contributed by atoms with van der Waals surface area (Å²) >= 11 is 5.81. The smallest absolute Gasteiger partial charge is 0.323 e. The molecule has 5 heteroatoms. The number of carboxylic acids is 1. The van der Waals surface area contributed by atoms with Crippen molar-refractivity contribution in [1.82, 2.24) is 0 Å². The Morgan fingerprint density at radius 2 is 2.25 bits per heavy atom. The minimum atomic E-state index is -1.37. The molecule has 0 amide bonds. The van der Waals surface area contributed by atoms with Gasteiger partial charge in [0, 0.05) is 10.6 Å². The average molecular weight is 246 g/mol. The topological polar surface area (TPSA) is 63.3 Å². The van der Waals surface area contributed by atoms with Crippen molar-refractivity contribution in [1.29, 1.82) is 0 Å². The van der Waals surface area contributed by atoms with E-state index in [4.69, 9.17) is 22.4 Å². The van der Waals surface area contributed by atoms with Crippen molar-refractivity contribution in [2.45, 2.75) is 25.3 Å². The molecule has 1 aromatic rings. The van der Waals surface area contributed by atoms with Crippen molar-refractivity contribution in [2.75, 3.05) is 0 Å². The molecule has 0 spiro atoms. The summed E-state index contributed by atoms with van der Waals surface area (Å²) in [6, 6.07) is 4.35. The van der Waals surface area contributed by atoms with E-state index in [1.165, 1.54) is 19.1 Å². The van der Waals surface area contributed by atoms with Crippen molar-refractivity contribution in [3.8, 4) is 0 Å². The number of benzene rings is 1. The predicted octanol–water partition coefficient (Wildman–Crippen LogP) is 2.21. The van der Waals surface area contributed by atoms with E-state index < -0.39 is 17.3 Å². The van der Waals surface area contributed by atoms with Gasteiger partial charge in [-0.3, -0.25) is 4.79 Å². The monoisotopic (exact) mass is 245 g/mol. The van der Waals surface area contributed by atoms with E-state index in [1.807, 2.05) is 0 Å². The first-order chi connectivity index (χ1) is 7.34. The highest BCUT2D eigenvalue weighted by molar-refractivity contribution is 6.31. The Morgan fingerprint density at radius 1 is 1.62 bits per heavy atom. The Bertz CT molecular complexity index is 387. The maximum absolute atomic E-state index is 13.4. The van der Waals surface area contributed by atoms with Crippen LogP contribution in [0.15, 0.2) is 18.2 Å². The molecule has 0 heterocycles. The second-order valence-electron chi connectivity index (χ2n) is 3.92. The second-order valence-corrected chi connectivity index (χ2v) is 4.33. The largest absolute Gasteiger partial charge is 0.480 e. The fourth-order valence-corrected chi connectivity index (χ4v) is 1.52. The van der Waals surface area contributed by atoms with Gasteiger partial charge in [0.05, 0.1) is 0 Å². The van der Waals surface area contributed by atoms with Crippen LogP contribution in [-0.4, -0.2) is 16.6 Å². The number of aliphatic carboxylic acids is 1. The summed E-state index contributed by atoms with van der Waals surface area (Å²) < 4.78 is 13.4. The van der Waals surface area contributed by atoms with Gasteiger partial charge in [-0.2, -0.15) is 0 Å². The molecule has 0 aliphatic rings. The van der Waals surface area contributed by atoms with Crippen LogP contribution in [0.2, 0.25) is 5.02 Å². The van der Waals surface area contributed by atoms with Gasteiger partial charge >= 0.3 is 5.97 Å². The first-order valence-electron chi connectivity index (χ1n) is 4.80. The first-order valence-corrected chi connectivity index (χ1v) is 5.17. The van der Waals surface area contributed by atoms with E-state index in [-0.39, 0.29) is 12.8 Å². The van der Waals surface area contributed by atoms with Crippen molar-refractivity contribution in [2.24, 2.45) is 5.73 Å². The third-order valence-corrected chi connectivity index (χ3v) is 2.80. The first kappa shape index (κ1) is 12.9. The van der Waals surface area contributed by atoms with Crippen molar-refractivity contribution < 1.29 is 14.3 Å². The van der Waals surface area contributed by atoms with Gasteiger partial charge in [-0.15, -0.1) is 0 Å². The maximum Gasteiger partial charge on any atom is 0.323 e. The lowest BCUT2D eigenvalue weighted by atomic mass is 9.94. The zero-order valence-electron chi connectivity index (χ0n) is 8.84. The SMILES string of the molecule is CC(N)(CCc1c(F)cccc1Cl)C(=O)O. The lowest BCUT2D eigenvalue weighted by Crippen LogP contribution is -2.45. The van der Waals surface area contributed by atoms with Crippen LogP contribution in [0.5, 0.6) is 0 Å². The highest BCUT2D eigenvalue weighted by Crippen LogP contribution is 2.22. The van der Waals surface area contributed by atoms with E-state index in [1.54, 1.807) is 6.07 Å². The number of rotatable bonds is 4. The standard InChI is InChI=1S/C11H13ClFNO2/c1-11(14,10(15)16)6-5-7-8(12)3-2-4-9(7)13/h2-4H,5-6,14H2,1H3,(H,15,16). The molecule has 0 aromatic heterocycles. The molecular formula is C11H13ClFNO2. The van der Waals surface area contributed by atoms with Crippen LogP contribution >= 0.6 is 11.6 Å². The normalized spacial score (nSPS) is 14.5. The van der Waals surface area contributed by atoms with Gasteiger partial charge in [-0.05, 0) is 31.9 Å². The molecule has 0 radical (unpaired) electrons. The number of hydrogen-bond acceptors (Lipinski definition) is 2. The summed E-state index contributed by atoms with van der Waals surface area (Å²) in [6.07, 6.45) is 0.327. The Kier molecular flexibility index (Phi) is 3.88. The summed E-state index contributed by atoms with van der Waals surface area (Å²) in [7, 11) is 0. The van der Waals surface area contributed by atoms with Gasteiger partial charge < -0.3 is 10.8 Å². The Balaban J connectivity index is 2.79. The molecule has 0 bridgehead atoms. The number of nitrogens with two attached hydrogens (primary N) is 1. The molecular weight excluding hydrogens is 233 g/mol. The highest BCUT2D eigenvalue weighted by atomic mass is 35.5. The zero-order valence-corrected chi connectivity index (χ0v) is 9.59. The second kappa shape index (κ2) is 4.80. The van der Waals surface area contributed by atoms with Gasteiger partial charge in [0.1, 0.15) is 11.4 Å². The Hall–Kier alpha value is -1.13. The number of carbonyl (C=O) groups is 1. The van der Waals surface area contributed by atoms with Crippen molar-refractivity contribution in [3.63, 3.8) is 0 Å². The molecule has 88 valence electrons. The summed E-state index contributed by atoms with van der Waals surface area (Å²) in [5.74, 6) is -1.55. The van der Waals surface area contributed by atoms with Crippen molar-refractivity contribution >= 4 is 17.6 Å². The van der Waals surface area contributed by atoms with Crippen LogP contribution in [0.1, 0.15) is 18.9 Å². The van der Waals surface area contributed by atoms with Gasteiger partial charge in [0.15, 0.2) is 0 Å². The van der Waals surface area contributed by atoms with Crippen molar-refractivity contribution in [3.05, 3.63) is 34.6 Å². The van der Waals surface area contributed by atoms with Gasteiger partial charge in [0.2, 0.25) is 0 Å². The molecule has 0 saturated heterocycles. The van der Waals surface area contributed by atoms with E-state index in [0.29, 0.717) is 10.6 Å². The molecule has 0 aliphatic carbocycles. The molecule has 3 nitrogen and oxygen atoms in total. The summed E-state index contributed by atoms with van der Waals surface area (Å²) in [6.45, 7) is 1.39. The maximum atomic E-state index is 13.4. The Labute approximate surface area is 98.0 Å². The molecule has 1 atom stereocenters.